The van der Waals surface area contributed by atoms with E-state index >= 15 is 0 Å². The van der Waals surface area contributed by atoms with Crippen LogP contribution >= 0.6 is 11.8 Å². The van der Waals surface area contributed by atoms with Gasteiger partial charge >= 0.3 is 0 Å². The van der Waals surface area contributed by atoms with Crippen molar-refractivity contribution in [2.75, 3.05) is 5.73 Å². The van der Waals surface area contributed by atoms with Crippen molar-refractivity contribution >= 4 is 28.4 Å². The molecule has 3 heteroatoms. The number of pyridine rings is 1. The lowest BCUT2D eigenvalue weighted by Crippen LogP contribution is -2.07. The summed E-state index contributed by atoms with van der Waals surface area (Å²) >= 11 is 1.98. The molecule has 1 aliphatic rings. The van der Waals surface area contributed by atoms with Crippen LogP contribution in [0, 0.1) is 0 Å². The number of rotatable bonds is 2. The Morgan fingerprint density at radius 3 is 2.78 bits per heavy atom. The first-order chi connectivity index (χ1) is 8.84. The SMILES string of the molecule is Nc1ccc(SC2CCCCC2)c2ncccc12. The van der Waals surface area contributed by atoms with E-state index in [-0.39, 0.29) is 0 Å². The zero-order chi connectivity index (χ0) is 12.4. The van der Waals surface area contributed by atoms with E-state index in [0.717, 1.165) is 21.8 Å². The summed E-state index contributed by atoms with van der Waals surface area (Å²) in [6.45, 7) is 0. The van der Waals surface area contributed by atoms with Gasteiger partial charge in [0.25, 0.3) is 0 Å². The van der Waals surface area contributed by atoms with Gasteiger partial charge < -0.3 is 5.73 Å². The van der Waals surface area contributed by atoms with Crippen molar-refractivity contribution in [3.05, 3.63) is 30.5 Å². The molecule has 2 nitrogen and oxygen atoms in total. The van der Waals surface area contributed by atoms with Crippen molar-refractivity contribution in [1.82, 2.24) is 4.98 Å². The second-order valence-electron chi connectivity index (χ2n) is 4.93. The minimum atomic E-state index is 0.757. The lowest BCUT2D eigenvalue weighted by molar-refractivity contribution is 0.516. The van der Waals surface area contributed by atoms with Crippen LogP contribution in [0.5, 0.6) is 0 Å². The maximum atomic E-state index is 6.01. The van der Waals surface area contributed by atoms with E-state index in [1.54, 1.807) is 0 Å². The van der Waals surface area contributed by atoms with E-state index < -0.39 is 0 Å². The van der Waals surface area contributed by atoms with E-state index in [9.17, 15) is 0 Å². The Kier molecular flexibility index (Phi) is 3.41. The Morgan fingerprint density at radius 1 is 1.11 bits per heavy atom. The topological polar surface area (TPSA) is 38.9 Å². The molecule has 3 rings (SSSR count). The highest BCUT2D eigenvalue weighted by Gasteiger charge is 2.16. The lowest BCUT2D eigenvalue weighted by atomic mass is 10.0. The average molecular weight is 258 g/mol. The number of anilines is 1. The first kappa shape index (κ1) is 11.8. The van der Waals surface area contributed by atoms with Crippen molar-refractivity contribution in [2.24, 2.45) is 0 Å². The van der Waals surface area contributed by atoms with Crippen LogP contribution < -0.4 is 5.73 Å². The summed E-state index contributed by atoms with van der Waals surface area (Å²) in [7, 11) is 0. The van der Waals surface area contributed by atoms with Crippen LogP contribution in [0.3, 0.4) is 0 Å². The van der Waals surface area contributed by atoms with Crippen molar-refractivity contribution in [1.29, 1.82) is 0 Å². The molecule has 94 valence electrons. The largest absolute Gasteiger partial charge is 0.398 e. The van der Waals surface area contributed by atoms with Gasteiger partial charge in [0.15, 0.2) is 0 Å². The van der Waals surface area contributed by atoms with Gasteiger partial charge in [0.05, 0.1) is 5.52 Å². The van der Waals surface area contributed by atoms with Crippen LogP contribution in [0.15, 0.2) is 35.4 Å². The van der Waals surface area contributed by atoms with Crippen LogP contribution in [0.2, 0.25) is 0 Å². The Labute approximate surface area is 112 Å². The Hall–Kier alpha value is -1.22. The van der Waals surface area contributed by atoms with Gasteiger partial charge in [0.2, 0.25) is 0 Å². The number of nitrogens with zero attached hydrogens (tertiary/aromatic N) is 1. The molecule has 0 unspecified atom stereocenters. The molecule has 0 saturated heterocycles. The third kappa shape index (κ3) is 2.32. The molecule has 1 saturated carbocycles. The van der Waals surface area contributed by atoms with Gasteiger partial charge in [-0.1, -0.05) is 19.3 Å². The smallest absolute Gasteiger partial charge is 0.0858 e. The molecule has 2 N–H and O–H groups in total. The third-order valence-electron chi connectivity index (χ3n) is 3.61. The average Bonchev–Trinajstić information content (AvgIpc) is 2.44. The summed E-state index contributed by atoms with van der Waals surface area (Å²) < 4.78 is 0. The summed E-state index contributed by atoms with van der Waals surface area (Å²) in [5.74, 6) is 0. The van der Waals surface area contributed by atoms with Crippen LogP contribution in [0.25, 0.3) is 10.9 Å². The van der Waals surface area contributed by atoms with E-state index in [2.05, 4.69) is 17.1 Å². The zero-order valence-corrected chi connectivity index (χ0v) is 11.2. The molecule has 0 bridgehead atoms. The van der Waals surface area contributed by atoms with Gasteiger partial charge in [-0.05, 0) is 37.1 Å². The summed E-state index contributed by atoms with van der Waals surface area (Å²) in [6, 6.07) is 8.15. The molecule has 1 aromatic heterocycles. The second kappa shape index (κ2) is 5.19. The molecule has 0 amide bonds. The molecular weight excluding hydrogens is 240 g/mol. The molecule has 1 fully saturated rings. The van der Waals surface area contributed by atoms with Gasteiger partial charge in [-0.2, -0.15) is 0 Å². The standard InChI is InChI=1S/C15H18N2S/c16-13-8-9-14(15-12(13)7-4-10-17-15)18-11-5-2-1-3-6-11/h4,7-11H,1-3,5-6,16H2. The van der Waals surface area contributed by atoms with Gasteiger partial charge in [-0.25, -0.2) is 0 Å². The highest BCUT2D eigenvalue weighted by Crippen LogP contribution is 2.37. The predicted molar refractivity (Wildman–Crippen MR) is 78.9 cm³/mol. The molecule has 0 radical (unpaired) electrons. The number of hydrogen-bond acceptors (Lipinski definition) is 3. The Morgan fingerprint density at radius 2 is 1.94 bits per heavy atom. The van der Waals surface area contributed by atoms with E-state index in [4.69, 9.17) is 5.73 Å². The minimum Gasteiger partial charge on any atom is -0.398 e. The van der Waals surface area contributed by atoms with Gasteiger partial charge in [-0.3, -0.25) is 4.98 Å². The van der Waals surface area contributed by atoms with Gasteiger partial charge in [0, 0.05) is 27.4 Å². The molecule has 2 aromatic rings. The molecule has 1 heterocycles. The summed E-state index contributed by atoms with van der Waals surface area (Å²) in [5, 5.41) is 1.84. The normalized spacial score (nSPS) is 17.1. The summed E-state index contributed by atoms with van der Waals surface area (Å²) in [5.41, 5.74) is 7.90. The number of thioether (sulfide) groups is 1. The Balaban J connectivity index is 1.94. The zero-order valence-electron chi connectivity index (χ0n) is 10.4. The molecule has 0 spiro atoms. The first-order valence-corrected chi connectivity index (χ1v) is 7.52. The monoisotopic (exact) mass is 258 g/mol. The Bertz CT molecular complexity index is 547. The molecule has 0 aliphatic heterocycles. The fourth-order valence-corrected chi connectivity index (χ4v) is 3.98. The van der Waals surface area contributed by atoms with E-state index in [1.165, 1.54) is 37.0 Å². The maximum Gasteiger partial charge on any atom is 0.0858 e. The van der Waals surface area contributed by atoms with Crippen LogP contribution in [0.1, 0.15) is 32.1 Å². The van der Waals surface area contributed by atoms with Crippen LogP contribution in [0.4, 0.5) is 5.69 Å². The molecule has 18 heavy (non-hydrogen) atoms. The van der Waals surface area contributed by atoms with Crippen molar-refractivity contribution in [3.8, 4) is 0 Å². The number of aromatic nitrogens is 1. The highest BCUT2D eigenvalue weighted by molar-refractivity contribution is 8.00. The van der Waals surface area contributed by atoms with Gasteiger partial charge in [0.1, 0.15) is 0 Å². The fraction of sp³-hybridized carbons (Fsp3) is 0.400. The predicted octanol–water partition coefficient (Wildman–Crippen LogP) is 4.24. The second-order valence-corrected chi connectivity index (χ2v) is 6.27. The van der Waals surface area contributed by atoms with E-state index in [0.29, 0.717) is 0 Å². The van der Waals surface area contributed by atoms with Crippen molar-refractivity contribution < 1.29 is 0 Å². The van der Waals surface area contributed by atoms with Crippen LogP contribution in [-0.4, -0.2) is 10.2 Å². The highest BCUT2D eigenvalue weighted by atomic mass is 32.2. The number of fused-ring (bicyclic) bond motifs is 1. The molecular formula is C15H18N2S. The van der Waals surface area contributed by atoms with Gasteiger partial charge in [-0.15, -0.1) is 11.8 Å². The van der Waals surface area contributed by atoms with Crippen LogP contribution in [-0.2, 0) is 0 Å². The van der Waals surface area contributed by atoms with E-state index in [1.807, 2.05) is 30.1 Å². The molecule has 1 aliphatic carbocycles. The number of benzene rings is 1. The van der Waals surface area contributed by atoms with Crippen molar-refractivity contribution in [3.63, 3.8) is 0 Å². The molecule has 0 atom stereocenters. The third-order valence-corrected chi connectivity index (χ3v) is 5.00. The quantitative estimate of drug-likeness (QED) is 0.819. The minimum absolute atomic E-state index is 0.757. The summed E-state index contributed by atoms with van der Waals surface area (Å²) in [4.78, 5) is 5.79. The fourth-order valence-electron chi connectivity index (χ4n) is 2.63. The lowest BCUT2D eigenvalue weighted by Gasteiger charge is -2.21. The number of nitrogen functional groups attached to an aromatic ring is 1. The first-order valence-electron chi connectivity index (χ1n) is 6.64. The van der Waals surface area contributed by atoms with Crippen molar-refractivity contribution in [2.45, 2.75) is 42.2 Å². The maximum absolute atomic E-state index is 6.01. The number of hydrogen-bond donors (Lipinski definition) is 1. The molecule has 1 aromatic carbocycles. The summed E-state index contributed by atoms with van der Waals surface area (Å²) in [6.07, 6.45) is 8.67. The number of nitrogens with two attached hydrogens (primary N) is 1.